The average Bonchev–Trinajstić information content (AvgIpc) is 2.06. The molecular formula is C6H13N4PdS2. The fraction of sp³-hybridized carbons (Fsp3) is 0.667. The SMILES string of the molecule is CCC(C)N.N#C[S][Pd]([NH2])[S]C#N. The molecule has 0 aliphatic carbocycles. The van der Waals surface area contributed by atoms with Crippen molar-refractivity contribution < 1.29 is 14.5 Å². The van der Waals surface area contributed by atoms with Crippen molar-refractivity contribution in [1.82, 2.24) is 0 Å². The van der Waals surface area contributed by atoms with Crippen LogP contribution in [0.3, 0.4) is 0 Å². The van der Waals surface area contributed by atoms with Crippen molar-refractivity contribution in [3.63, 3.8) is 0 Å². The standard InChI is InChI=1S/C4H11N.2CHNS.H2N.Pd/c1-3-4(2)5;2*2-1-3;;/h4H,3,5H2,1-2H3;2*3H;1H2;/q;;;-1;+3/p-2. The van der Waals surface area contributed by atoms with Crippen LogP contribution in [-0.4, -0.2) is 6.04 Å². The molecule has 0 saturated carbocycles. The minimum atomic E-state index is -1.40. The molecule has 0 aliphatic rings. The molecule has 0 aromatic rings. The predicted molar refractivity (Wildman–Crippen MR) is 54.5 cm³/mol. The number of nitrogens with zero attached hydrogens (tertiary/aromatic N) is 2. The Morgan fingerprint density at radius 1 is 1.38 bits per heavy atom. The van der Waals surface area contributed by atoms with E-state index in [9.17, 15) is 0 Å². The predicted octanol–water partition coefficient (Wildman–Crippen LogP) is 1.48. The third-order valence-corrected chi connectivity index (χ3v) is 5.80. The average molecular weight is 312 g/mol. The van der Waals surface area contributed by atoms with Crippen LogP contribution in [0.5, 0.6) is 0 Å². The second-order valence-corrected chi connectivity index (χ2v) is 9.68. The Morgan fingerprint density at radius 3 is 1.85 bits per heavy atom. The summed E-state index contributed by atoms with van der Waals surface area (Å²) in [5.41, 5.74) is 5.29. The van der Waals surface area contributed by atoms with Gasteiger partial charge in [-0.3, -0.25) is 0 Å². The Hall–Kier alpha value is 0.262. The van der Waals surface area contributed by atoms with Gasteiger partial charge in [0, 0.05) is 6.04 Å². The van der Waals surface area contributed by atoms with E-state index in [1.54, 1.807) is 0 Å². The molecule has 0 bridgehead atoms. The van der Waals surface area contributed by atoms with Crippen molar-refractivity contribution in [3.05, 3.63) is 0 Å². The fourth-order valence-corrected chi connectivity index (χ4v) is 2.55. The van der Waals surface area contributed by atoms with Crippen molar-refractivity contribution in [1.29, 1.82) is 10.5 Å². The van der Waals surface area contributed by atoms with Crippen LogP contribution in [0, 0.1) is 21.3 Å². The third kappa shape index (κ3) is 18.9. The number of hydrogen-bond acceptors (Lipinski definition) is 6. The van der Waals surface area contributed by atoms with E-state index in [0.717, 1.165) is 25.6 Å². The van der Waals surface area contributed by atoms with Gasteiger partial charge in [0.2, 0.25) is 0 Å². The summed E-state index contributed by atoms with van der Waals surface area (Å²) in [6.45, 7) is 4.07. The Morgan fingerprint density at radius 2 is 1.69 bits per heavy atom. The second kappa shape index (κ2) is 12.3. The van der Waals surface area contributed by atoms with Gasteiger partial charge in [0.25, 0.3) is 0 Å². The molecule has 0 spiro atoms. The van der Waals surface area contributed by atoms with Gasteiger partial charge in [-0.05, 0) is 13.3 Å². The monoisotopic (exact) mass is 311 g/mol. The van der Waals surface area contributed by atoms with Gasteiger partial charge in [-0.2, -0.15) is 0 Å². The fourth-order valence-electron chi connectivity index (χ4n) is 0.0701. The molecule has 0 aromatic carbocycles. The first-order chi connectivity index (χ1) is 6.08. The van der Waals surface area contributed by atoms with E-state index in [2.05, 4.69) is 6.92 Å². The number of hydrogen-bond donors (Lipinski definition) is 2. The first-order valence-corrected chi connectivity index (χ1v) is 9.36. The Bertz CT molecular complexity index is 170. The summed E-state index contributed by atoms with van der Waals surface area (Å²) in [5.74, 6) is 0. The number of thiocyanates is 2. The van der Waals surface area contributed by atoms with Gasteiger partial charge < -0.3 is 5.73 Å². The van der Waals surface area contributed by atoms with Crippen LogP contribution in [0.2, 0.25) is 0 Å². The van der Waals surface area contributed by atoms with Gasteiger partial charge in [-0.15, -0.1) is 0 Å². The summed E-state index contributed by atoms with van der Waals surface area (Å²) >= 11 is -1.40. The van der Waals surface area contributed by atoms with Crippen LogP contribution in [0.15, 0.2) is 0 Å². The molecule has 0 saturated heterocycles. The summed E-state index contributed by atoms with van der Waals surface area (Å²) in [7, 11) is 1.99. The van der Waals surface area contributed by atoms with Crippen molar-refractivity contribution in [2.24, 2.45) is 10.1 Å². The zero-order valence-corrected chi connectivity index (χ0v) is 10.7. The first-order valence-electron chi connectivity index (χ1n) is 3.32. The van der Waals surface area contributed by atoms with Crippen LogP contribution >= 0.6 is 19.2 Å². The van der Waals surface area contributed by atoms with Crippen LogP contribution in [0.1, 0.15) is 20.3 Å². The molecule has 0 fully saturated rings. The number of rotatable bonds is 3. The van der Waals surface area contributed by atoms with E-state index in [1.807, 2.05) is 17.7 Å². The number of nitriles is 2. The van der Waals surface area contributed by atoms with Crippen molar-refractivity contribution in [2.75, 3.05) is 0 Å². The maximum atomic E-state index is 8.00. The van der Waals surface area contributed by atoms with Gasteiger partial charge >= 0.3 is 59.4 Å². The minimum absolute atomic E-state index is 0.384. The Kier molecular flexibility index (Phi) is 14.8. The normalized spacial score (nSPS) is 11.4. The van der Waals surface area contributed by atoms with E-state index in [0.29, 0.717) is 6.04 Å². The van der Waals surface area contributed by atoms with Crippen LogP contribution < -0.4 is 10.1 Å². The molecule has 79 valence electrons. The Balaban J connectivity index is 0. The van der Waals surface area contributed by atoms with Crippen LogP contribution in [0.4, 0.5) is 0 Å². The molecule has 13 heavy (non-hydrogen) atoms. The molecule has 1 atom stereocenters. The summed E-state index contributed by atoms with van der Waals surface area (Å²) in [6.07, 6.45) is 1.08. The van der Waals surface area contributed by atoms with E-state index in [1.165, 1.54) is 0 Å². The third-order valence-electron chi connectivity index (χ3n) is 0.829. The van der Waals surface area contributed by atoms with Crippen molar-refractivity contribution in [3.8, 4) is 10.8 Å². The molecule has 0 aromatic heterocycles. The molecule has 4 N–H and O–H groups in total. The molecule has 0 rings (SSSR count). The second-order valence-electron chi connectivity index (χ2n) is 1.90. The summed E-state index contributed by atoms with van der Waals surface area (Å²) in [5, 5.41) is 19.7. The maximum absolute atomic E-state index is 8.00. The number of nitrogens with two attached hydrogens (primary N) is 2. The van der Waals surface area contributed by atoms with Crippen molar-refractivity contribution >= 4 is 19.2 Å². The quantitative estimate of drug-likeness (QED) is 0.605. The molecule has 0 radical (unpaired) electrons. The first kappa shape index (κ1) is 15.7. The van der Waals surface area contributed by atoms with Gasteiger partial charge in [0.1, 0.15) is 0 Å². The van der Waals surface area contributed by atoms with E-state index < -0.39 is 14.5 Å². The summed E-state index contributed by atoms with van der Waals surface area (Å²) < 4.78 is 5.29. The molecular weight excluding hydrogens is 299 g/mol. The van der Waals surface area contributed by atoms with Gasteiger partial charge in [-0.25, -0.2) is 0 Å². The molecule has 1 unspecified atom stereocenters. The van der Waals surface area contributed by atoms with Gasteiger partial charge in [-0.1, -0.05) is 6.92 Å². The summed E-state index contributed by atoms with van der Waals surface area (Å²) in [4.78, 5) is 0. The summed E-state index contributed by atoms with van der Waals surface area (Å²) in [6, 6.07) is 0.384. The molecule has 0 amide bonds. The van der Waals surface area contributed by atoms with Crippen molar-refractivity contribution in [2.45, 2.75) is 26.3 Å². The molecule has 4 nitrogen and oxygen atoms in total. The van der Waals surface area contributed by atoms with Crippen LogP contribution in [0.25, 0.3) is 0 Å². The molecule has 0 heterocycles. The van der Waals surface area contributed by atoms with Gasteiger partial charge in [0.05, 0.1) is 0 Å². The van der Waals surface area contributed by atoms with Gasteiger partial charge in [0.15, 0.2) is 0 Å². The molecule has 0 aliphatic heterocycles. The topological polar surface area (TPSA) is 99.6 Å². The molecule has 7 heteroatoms. The zero-order valence-electron chi connectivity index (χ0n) is 7.47. The van der Waals surface area contributed by atoms with E-state index in [-0.39, 0.29) is 0 Å². The zero-order chi connectivity index (χ0) is 10.7. The Labute approximate surface area is 91.1 Å². The van der Waals surface area contributed by atoms with E-state index in [4.69, 9.17) is 20.6 Å². The van der Waals surface area contributed by atoms with E-state index >= 15 is 0 Å². The van der Waals surface area contributed by atoms with Crippen LogP contribution in [-0.2, 0) is 14.5 Å².